The summed E-state index contributed by atoms with van der Waals surface area (Å²) in [5, 5.41) is 4.26. The van der Waals surface area contributed by atoms with Gasteiger partial charge in [-0.1, -0.05) is 0 Å². The van der Waals surface area contributed by atoms with Crippen molar-refractivity contribution >= 4 is 5.82 Å². The zero-order valence-electron chi connectivity index (χ0n) is 13.1. The molecule has 1 fully saturated rings. The van der Waals surface area contributed by atoms with Gasteiger partial charge in [0.15, 0.2) is 0 Å². The number of aromatic nitrogens is 4. The summed E-state index contributed by atoms with van der Waals surface area (Å²) in [6, 6.07) is 3.96. The average Bonchev–Trinajstić information content (AvgIpc) is 2.98. The maximum Gasteiger partial charge on any atom is 0.218 e. The van der Waals surface area contributed by atoms with Crippen molar-refractivity contribution in [2.75, 3.05) is 24.6 Å². The summed E-state index contributed by atoms with van der Waals surface area (Å²) in [5.74, 6) is 1.64. The van der Waals surface area contributed by atoms with Gasteiger partial charge in [0, 0.05) is 44.0 Å². The second kappa shape index (κ2) is 7.24. The third-order valence-electron chi connectivity index (χ3n) is 4.00. The van der Waals surface area contributed by atoms with Crippen LogP contribution in [0.25, 0.3) is 0 Å². The van der Waals surface area contributed by atoms with E-state index in [4.69, 9.17) is 4.74 Å². The first-order valence-electron chi connectivity index (χ1n) is 8.01. The first kappa shape index (κ1) is 14.8. The molecule has 118 valence electrons. The summed E-state index contributed by atoms with van der Waals surface area (Å²) >= 11 is 0. The van der Waals surface area contributed by atoms with E-state index < -0.39 is 0 Å². The van der Waals surface area contributed by atoms with Crippen LogP contribution >= 0.6 is 0 Å². The largest absolute Gasteiger partial charge is 0.477 e. The Labute approximate surface area is 131 Å². The molecule has 0 aliphatic carbocycles. The second-order valence-electron chi connectivity index (χ2n) is 5.66. The standard InChI is InChI=1S/C16H23N5O/c1-14-6-7-19-21(14)10-5-11-22-16-12-15(17-13-18-16)20-8-3-2-4-9-20/h6-7,12-13H,2-5,8-11H2,1H3. The molecule has 0 bridgehead atoms. The average molecular weight is 301 g/mol. The molecule has 6 heteroatoms. The molecule has 0 unspecified atom stereocenters. The molecule has 22 heavy (non-hydrogen) atoms. The highest BCUT2D eigenvalue weighted by Gasteiger charge is 2.13. The number of nitrogens with zero attached hydrogens (tertiary/aromatic N) is 5. The SMILES string of the molecule is Cc1ccnn1CCCOc1cc(N2CCCCC2)ncn1. The molecule has 0 N–H and O–H groups in total. The van der Waals surface area contributed by atoms with Crippen LogP contribution in [0.2, 0.25) is 0 Å². The van der Waals surface area contributed by atoms with Gasteiger partial charge >= 0.3 is 0 Å². The van der Waals surface area contributed by atoms with Crippen LogP contribution in [0.4, 0.5) is 5.82 Å². The van der Waals surface area contributed by atoms with Crippen LogP contribution in [0, 0.1) is 6.92 Å². The summed E-state index contributed by atoms with van der Waals surface area (Å²) in [6.45, 7) is 5.71. The van der Waals surface area contributed by atoms with Crippen molar-refractivity contribution in [3.63, 3.8) is 0 Å². The Hall–Kier alpha value is -2.11. The van der Waals surface area contributed by atoms with Crippen molar-refractivity contribution < 1.29 is 4.74 Å². The minimum Gasteiger partial charge on any atom is -0.477 e. The van der Waals surface area contributed by atoms with Crippen molar-refractivity contribution in [2.45, 2.75) is 39.2 Å². The topological polar surface area (TPSA) is 56.1 Å². The third kappa shape index (κ3) is 3.75. The van der Waals surface area contributed by atoms with Crippen molar-refractivity contribution in [3.8, 4) is 5.88 Å². The summed E-state index contributed by atoms with van der Waals surface area (Å²) in [4.78, 5) is 10.9. The first-order valence-corrected chi connectivity index (χ1v) is 8.01. The van der Waals surface area contributed by atoms with Crippen LogP contribution in [0.3, 0.4) is 0 Å². The number of anilines is 1. The fourth-order valence-electron chi connectivity index (χ4n) is 2.73. The number of piperidine rings is 1. The van der Waals surface area contributed by atoms with Gasteiger partial charge in [0.1, 0.15) is 12.1 Å². The van der Waals surface area contributed by atoms with E-state index in [1.807, 2.05) is 23.0 Å². The summed E-state index contributed by atoms with van der Waals surface area (Å²) < 4.78 is 7.75. The molecule has 0 spiro atoms. The minimum atomic E-state index is 0.635. The van der Waals surface area contributed by atoms with E-state index in [1.165, 1.54) is 25.0 Å². The first-order chi connectivity index (χ1) is 10.8. The van der Waals surface area contributed by atoms with Gasteiger partial charge in [0.05, 0.1) is 6.61 Å². The van der Waals surface area contributed by atoms with Crippen molar-refractivity contribution in [3.05, 3.63) is 30.4 Å². The molecule has 3 heterocycles. The highest BCUT2D eigenvalue weighted by molar-refractivity contribution is 5.40. The quantitative estimate of drug-likeness (QED) is 0.767. The van der Waals surface area contributed by atoms with Crippen LogP contribution in [0.15, 0.2) is 24.7 Å². The molecule has 6 nitrogen and oxygen atoms in total. The van der Waals surface area contributed by atoms with Crippen LogP contribution in [-0.2, 0) is 6.54 Å². The van der Waals surface area contributed by atoms with Gasteiger partial charge in [-0.2, -0.15) is 5.10 Å². The van der Waals surface area contributed by atoms with Gasteiger partial charge in [-0.3, -0.25) is 4.68 Å². The Balaban J connectivity index is 1.49. The molecule has 2 aromatic rings. The zero-order valence-corrected chi connectivity index (χ0v) is 13.1. The normalized spacial score (nSPS) is 15.0. The highest BCUT2D eigenvalue weighted by atomic mass is 16.5. The minimum absolute atomic E-state index is 0.635. The summed E-state index contributed by atoms with van der Waals surface area (Å²) in [5.41, 5.74) is 1.18. The molecule has 0 amide bonds. The van der Waals surface area contributed by atoms with Crippen molar-refractivity contribution in [2.24, 2.45) is 0 Å². The third-order valence-corrected chi connectivity index (χ3v) is 4.00. The van der Waals surface area contributed by atoms with E-state index in [9.17, 15) is 0 Å². The van der Waals surface area contributed by atoms with E-state index in [-0.39, 0.29) is 0 Å². The zero-order chi connectivity index (χ0) is 15.2. The van der Waals surface area contributed by atoms with Crippen LogP contribution < -0.4 is 9.64 Å². The molecule has 2 aromatic heterocycles. The van der Waals surface area contributed by atoms with Crippen LogP contribution in [0.1, 0.15) is 31.4 Å². The number of aryl methyl sites for hydroxylation is 2. The van der Waals surface area contributed by atoms with Crippen LogP contribution in [-0.4, -0.2) is 39.4 Å². The molecule has 3 rings (SSSR count). The second-order valence-corrected chi connectivity index (χ2v) is 5.66. The van der Waals surface area contributed by atoms with E-state index >= 15 is 0 Å². The fraction of sp³-hybridized carbons (Fsp3) is 0.562. The molecule has 1 saturated heterocycles. The van der Waals surface area contributed by atoms with E-state index in [1.54, 1.807) is 6.33 Å². The Morgan fingerprint density at radius 2 is 2.05 bits per heavy atom. The number of hydrogen-bond donors (Lipinski definition) is 0. The predicted molar refractivity (Wildman–Crippen MR) is 85.2 cm³/mol. The molecular weight excluding hydrogens is 278 g/mol. The van der Waals surface area contributed by atoms with Gasteiger partial charge in [-0.15, -0.1) is 0 Å². The molecular formula is C16H23N5O. The maximum atomic E-state index is 5.76. The molecule has 1 aliphatic heterocycles. The fourth-order valence-corrected chi connectivity index (χ4v) is 2.73. The number of hydrogen-bond acceptors (Lipinski definition) is 5. The van der Waals surface area contributed by atoms with Gasteiger partial charge < -0.3 is 9.64 Å². The van der Waals surface area contributed by atoms with Gasteiger partial charge in [-0.25, -0.2) is 9.97 Å². The molecule has 0 saturated carbocycles. The molecule has 0 aromatic carbocycles. The Kier molecular flexibility index (Phi) is 4.88. The van der Waals surface area contributed by atoms with E-state index in [0.717, 1.165) is 31.9 Å². The van der Waals surface area contributed by atoms with Gasteiger partial charge in [0.2, 0.25) is 5.88 Å². The van der Waals surface area contributed by atoms with E-state index in [2.05, 4.69) is 26.9 Å². The Bertz CT molecular complexity index is 592. The lowest BCUT2D eigenvalue weighted by Gasteiger charge is -2.27. The summed E-state index contributed by atoms with van der Waals surface area (Å²) in [6.07, 6.45) is 8.12. The van der Waals surface area contributed by atoms with Crippen LogP contribution in [0.5, 0.6) is 5.88 Å². The van der Waals surface area contributed by atoms with Crippen molar-refractivity contribution in [1.82, 2.24) is 19.7 Å². The lowest BCUT2D eigenvalue weighted by atomic mass is 10.1. The molecule has 1 aliphatic rings. The molecule has 0 radical (unpaired) electrons. The predicted octanol–water partition coefficient (Wildman–Crippen LogP) is 2.44. The van der Waals surface area contributed by atoms with E-state index in [0.29, 0.717) is 12.5 Å². The smallest absolute Gasteiger partial charge is 0.218 e. The lowest BCUT2D eigenvalue weighted by Crippen LogP contribution is -2.30. The summed E-state index contributed by atoms with van der Waals surface area (Å²) in [7, 11) is 0. The van der Waals surface area contributed by atoms with Gasteiger partial charge in [0.25, 0.3) is 0 Å². The number of rotatable bonds is 6. The number of ether oxygens (including phenoxy) is 1. The lowest BCUT2D eigenvalue weighted by molar-refractivity contribution is 0.287. The Morgan fingerprint density at radius 1 is 1.18 bits per heavy atom. The highest BCUT2D eigenvalue weighted by Crippen LogP contribution is 2.20. The van der Waals surface area contributed by atoms with Gasteiger partial charge in [-0.05, 0) is 32.3 Å². The molecule has 0 atom stereocenters. The maximum absolute atomic E-state index is 5.76. The van der Waals surface area contributed by atoms with Crippen molar-refractivity contribution in [1.29, 1.82) is 0 Å². The Morgan fingerprint density at radius 3 is 2.82 bits per heavy atom. The monoisotopic (exact) mass is 301 g/mol.